The zero-order valence-electron chi connectivity index (χ0n) is 7.88. The molecule has 0 heterocycles. The number of carbonyl (C=O) groups is 1. The van der Waals surface area contributed by atoms with Gasteiger partial charge in [0.25, 0.3) is 0 Å². The highest BCUT2D eigenvalue weighted by Gasteiger charge is 2.11. The van der Waals surface area contributed by atoms with E-state index in [0.717, 1.165) is 12.1 Å². The van der Waals surface area contributed by atoms with Crippen molar-refractivity contribution in [1.29, 1.82) is 0 Å². The van der Waals surface area contributed by atoms with E-state index >= 15 is 0 Å². The van der Waals surface area contributed by atoms with Crippen LogP contribution in [0.25, 0.3) is 0 Å². The van der Waals surface area contributed by atoms with Gasteiger partial charge in [-0.3, -0.25) is 4.79 Å². The molecule has 1 aromatic rings. The van der Waals surface area contributed by atoms with Crippen LogP contribution in [0.2, 0.25) is 0 Å². The summed E-state index contributed by atoms with van der Waals surface area (Å²) < 4.78 is 30.9. The number of hydrogen-bond donors (Lipinski definition) is 2. The molecule has 1 N–H and O–H groups in total. The second kappa shape index (κ2) is 4.97. The van der Waals surface area contributed by atoms with Crippen LogP contribution < -0.4 is 10.1 Å². The van der Waals surface area contributed by atoms with Crippen molar-refractivity contribution in [2.24, 2.45) is 0 Å². The number of hydrogen-bond acceptors (Lipinski definition) is 3. The third-order valence-corrected chi connectivity index (χ3v) is 1.95. The minimum absolute atomic E-state index is 0.104. The number of thiol groups is 1. The Labute approximate surface area is 90.8 Å². The SMILES string of the molecule is COc1cc(F)c(NC(=O)CS)cc1F. The average Bonchev–Trinajstić information content (AvgIpc) is 2.22. The van der Waals surface area contributed by atoms with Gasteiger partial charge >= 0.3 is 0 Å². The topological polar surface area (TPSA) is 38.3 Å². The van der Waals surface area contributed by atoms with E-state index in [4.69, 9.17) is 0 Å². The van der Waals surface area contributed by atoms with Crippen LogP contribution in [0, 0.1) is 11.6 Å². The molecule has 6 heteroatoms. The van der Waals surface area contributed by atoms with Crippen molar-refractivity contribution in [2.75, 3.05) is 18.2 Å². The second-order valence-corrected chi connectivity index (χ2v) is 2.99. The van der Waals surface area contributed by atoms with Gasteiger partial charge in [-0.15, -0.1) is 0 Å². The molecule has 0 saturated carbocycles. The third-order valence-electron chi connectivity index (χ3n) is 1.66. The summed E-state index contributed by atoms with van der Waals surface area (Å²) >= 11 is 3.69. The Morgan fingerprint density at radius 1 is 1.47 bits per heavy atom. The summed E-state index contributed by atoms with van der Waals surface area (Å²) in [6, 6.07) is 1.72. The largest absolute Gasteiger partial charge is 0.494 e. The van der Waals surface area contributed by atoms with Crippen LogP contribution >= 0.6 is 12.6 Å². The lowest BCUT2D eigenvalue weighted by atomic mass is 10.2. The van der Waals surface area contributed by atoms with E-state index in [1.54, 1.807) is 0 Å². The monoisotopic (exact) mass is 233 g/mol. The van der Waals surface area contributed by atoms with Gasteiger partial charge in [-0.25, -0.2) is 8.78 Å². The van der Waals surface area contributed by atoms with Crippen LogP contribution in [0.4, 0.5) is 14.5 Å². The Hall–Kier alpha value is -1.30. The Balaban J connectivity index is 3.00. The van der Waals surface area contributed by atoms with Crippen molar-refractivity contribution in [2.45, 2.75) is 0 Å². The molecule has 0 fully saturated rings. The highest BCUT2D eigenvalue weighted by atomic mass is 32.1. The van der Waals surface area contributed by atoms with Crippen LogP contribution in [0.1, 0.15) is 0 Å². The zero-order chi connectivity index (χ0) is 11.4. The summed E-state index contributed by atoms with van der Waals surface area (Å²) in [7, 11) is 1.23. The number of rotatable bonds is 3. The van der Waals surface area contributed by atoms with Gasteiger partial charge in [0.2, 0.25) is 5.91 Å². The minimum Gasteiger partial charge on any atom is -0.494 e. The average molecular weight is 233 g/mol. The Bertz CT molecular complexity index is 385. The zero-order valence-corrected chi connectivity index (χ0v) is 8.78. The standard InChI is InChI=1S/C9H9F2NO2S/c1-14-8-3-5(10)7(2-6(8)11)12-9(13)4-15/h2-3,15H,4H2,1H3,(H,12,13). The molecule has 15 heavy (non-hydrogen) atoms. The maximum atomic E-state index is 13.2. The minimum atomic E-state index is -0.761. The third kappa shape index (κ3) is 2.82. The van der Waals surface area contributed by atoms with Crippen LogP contribution in [-0.2, 0) is 4.79 Å². The van der Waals surface area contributed by atoms with Gasteiger partial charge in [0.05, 0.1) is 18.6 Å². The maximum absolute atomic E-state index is 13.2. The summed E-state index contributed by atoms with van der Waals surface area (Å²) in [6.07, 6.45) is 0. The lowest BCUT2D eigenvalue weighted by Crippen LogP contribution is -2.14. The molecule has 0 bridgehead atoms. The normalized spacial score (nSPS) is 9.87. The quantitative estimate of drug-likeness (QED) is 0.782. The van der Waals surface area contributed by atoms with Gasteiger partial charge in [-0.2, -0.15) is 12.6 Å². The fourth-order valence-corrected chi connectivity index (χ4v) is 1.05. The fraction of sp³-hybridized carbons (Fsp3) is 0.222. The highest BCUT2D eigenvalue weighted by molar-refractivity contribution is 7.81. The van der Waals surface area contributed by atoms with Crippen LogP contribution in [0.3, 0.4) is 0 Å². The fourth-order valence-electron chi connectivity index (χ4n) is 0.971. The molecule has 0 aliphatic rings. The number of nitrogens with one attached hydrogen (secondary N) is 1. The maximum Gasteiger partial charge on any atom is 0.234 e. The van der Waals surface area contributed by atoms with E-state index in [1.165, 1.54) is 7.11 Å². The molecular formula is C9H9F2NO2S. The van der Waals surface area contributed by atoms with Gasteiger partial charge in [0.15, 0.2) is 17.4 Å². The molecule has 0 spiro atoms. The lowest BCUT2D eigenvalue weighted by Gasteiger charge is -2.07. The molecule has 1 rings (SSSR count). The van der Waals surface area contributed by atoms with Crippen molar-refractivity contribution in [3.63, 3.8) is 0 Å². The van der Waals surface area contributed by atoms with Crippen molar-refractivity contribution in [3.8, 4) is 5.75 Å². The molecule has 3 nitrogen and oxygen atoms in total. The summed E-state index contributed by atoms with van der Waals surface area (Å²) in [5, 5.41) is 2.17. The highest BCUT2D eigenvalue weighted by Crippen LogP contribution is 2.24. The predicted octanol–water partition coefficient (Wildman–Crippen LogP) is 1.84. The van der Waals surface area contributed by atoms with Gasteiger partial charge in [-0.1, -0.05) is 0 Å². The number of anilines is 1. The Morgan fingerprint density at radius 2 is 2.13 bits per heavy atom. The second-order valence-electron chi connectivity index (χ2n) is 2.67. The first-order valence-electron chi connectivity index (χ1n) is 4.02. The summed E-state index contributed by atoms with van der Waals surface area (Å²) in [6.45, 7) is 0. The smallest absolute Gasteiger partial charge is 0.234 e. The number of amides is 1. The van der Waals surface area contributed by atoms with Gasteiger partial charge in [-0.05, 0) is 0 Å². The molecule has 1 amide bonds. The molecule has 0 aliphatic carbocycles. The molecule has 0 unspecified atom stereocenters. The van der Waals surface area contributed by atoms with Crippen molar-refractivity contribution in [3.05, 3.63) is 23.8 Å². The van der Waals surface area contributed by atoms with Gasteiger partial charge < -0.3 is 10.1 Å². The molecule has 82 valence electrons. The lowest BCUT2D eigenvalue weighted by molar-refractivity contribution is -0.113. The number of methoxy groups -OCH3 is 1. The van der Waals surface area contributed by atoms with Gasteiger partial charge in [0, 0.05) is 12.1 Å². The summed E-state index contributed by atoms with van der Waals surface area (Å²) in [5.41, 5.74) is -0.229. The number of carbonyl (C=O) groups excluding carboxylic acids is 1. The molecule has 0 saturated heterocycles. The van der Waals surface area contributed by atoms with E-state index in [-0.39, 0.29) is 17.2 Å². The molecule has 0 aliphatic heterocycles. The molecule has 0 radical (unpaired) electrons. The van der Waals surface area contributed by atoms with Gasteiger partial charge in [0.1, 0.15) is 0 Å². The first-order valence-corrected chi connectivity index (χ1v) is 4.65. The number of benzene rings is 1. The van der Waals surface area contributed by atoms with Crippen LogP contribution in [0.5, 0.6) is 5.75 Å². The van der Waals surface area contributed by atoms with Crippen molar-refractivity contribution >= 4 is 24.2 Å². The van der Waals surface area contributed by atoms with E-state index in [1.807, 2.05) is 0 Å². The number of ether oxygens (including phenoxy) is 1. The van der Waals surface area contributed by atoms with Crippen LogP contribution in [0.15, 0.2) is 12.1 Å². The van der Waals surface area contributed by atoms with E-state index < -0.39 is 17.5 Å². The van der Waals surface area contributed by atoms with E-state index in [2.05, 4.69) is 22.7 Å². The van der Waals surface area contributed by atoms with Crippen molar-refractivity contribution in [1.82, 2.24) is 0 Å². The molecule has 0 aromatic heterocycles. The Morgan fingerprint density at radius 3 is 2.67 bits per heavy atom. The Kier molecular flexibility index (Phi) is 3.90. The first kappa shape index (κ1) is 11.8. The molecule has 1 aromatic carbocycles. The molecule has 0 atom stereocenters. The number of halogens is 2. The first-order chi connectivity index (χ1) is 7.08. The summed E-state index contributed by atoms with van der Waals surface area (Å²) in [4.78, 5) is 10.9. The van der Waals surface area contributed by atoms with E-state index in [9.17, 15) is 13.6 Å². The predicted molar refractivity (Wildman–Crippen MR) is 55.4 cm³/mol. The molecular weight excluding hydrogens is 224 g/mol. The van der Waals surface area contributed by atoms with E-state index in [0.29, 0.717) is 0 Å². The van der Waals surface area contributed by atoms with Crippen LogP contribution in [-0.4, -0.2) is 18.8 Å². The van der Waals surface area contributed by atoms with Crippen molar-refractivity contribution < 1.29 is 18.3 Å². The summed E-state index contributed by atoms with van der Waals surface area (Å²) in [5.74, 6) is -2.33.